The van der Waals surface area contributed by atoms with E-state index in [2.05, 4.69) is 84.5 Å². The van der Waals surface area contributed by atoms with E-state index in [4.69, 9.17) is 0 Å². The van der Waals surface area contributed by atoms with Gasteiger partial charge in [0.2, 0.25) is 0 Å². The number of halogens is 1. The van der Waals surface area contributed by atoms with Crippen LogP contribution in [0, 0.1) is 24.9 Å². The summed E-state index contributed by atoms with van der Waals surface area (Å²) in [5, 5.41) is 0. The van der Waals surface area contributed by atoms with E-state index in [0.717, 1.165) is 28.1 Å². The van der Waals surface area contributed by atoms with Crippen molar-refractivity contribution in [3.05, 3.63) is 168 Å². The van der Waals surface area contributed by atoms with Gasteiger partial charge >= 0.3 is 0 Å². The van der Waals surface area contributed by atoms with Crippen molar-refractivity contribution in [1.82, 2.24) is 9.97 Å². The first-order valence-electron chi connectivity index (χ1n) is 13.3. The van der Waals surface area contributed by atoms with Crippen LogP contribution in [-0.4, -0.2) is 9.97 Å². The number of nitrogens with zero attached hydrogens (tertiary/aromatic N) is 2. The van der Waals surface area contributed by atoms with Crippen molar-refractivity contribution < 1.29 is 24.5 Å². The fraction of sp³-hybridized carbons (Fsp3) is 0.0811. The largest absolute Gasteiger partial charge is 0.305 e. The second kappa shape index (κ2) is 14.4. The summed E-state index contributed by atoms with van der Waals surface area (Å²) in [6.45, 7) is 4.26. The average Bonchev–Trinajstić information content (AvgIpc) is 3.03. The molecule has 6 rings (SSSR count). The molecule has 0 bridgehead atoms. The third-order valence-electron chi connectivity index (χ3n) is 6.81. The number of aryl methyl sites for hydroxylation is 1. The van der Waals surface area contributed by atoms with Gasteiger partial charge in [-0.15, -0.1) is 65.7 Å². The summed E-state index contributed by atoms with van der Waals surface area (Å²) in [4.78, 5) is 8.87. The van der Waals surface area contributed by atoms with E-state index in [0.29, 0.717) is 0 Å². The van der Waals surface area contributed by atoms with Gasteiger partial charge in [-0.25, -0.2) is 0 Å². The maximum Gasteiger partial charge on any atom is 0.0379 e. The first-order valence-corrected chi connectivity index (χ1v) is 13.3. The van der Waals surface area contributed by atoms with Gasteiger partial charge in [-0.2, -0.15) is 0 Å². The minimum absolute atomic E-state index is 0. The molecule has 0 aliphatic rings. The molecule has 2 nitrogen and oxygen atoms in total. The molecule has 4 aromatic carbocycles. The molecule has 0 aliphatic carbocycles. The minimum Gasteiger partial charge on any atom is -0.305 e. The zero-order chi connectivity index (χ0) is 27.7. The van der Waals surface area contributed by atoms with E-state index in [1.165, 1.54) is 34.4 Å². The van der Waals surface area contributed by atoms with Gasteiger partial charge in [-0.3, -0.25) is 4.39 Å². The Bertz CT molecular complexity index is 1600. The zero-order valence-corrected chi connectivity index (χ0v) is 25.3. The molecule has 0 spiro atoms. The third kappa shape index (κ3) is 7.70. The summed E-state index contributed by atoms with van der Waals surface area (Å²) in [6.07, 6.45) is 3.72. The standard InChI is InChI=1S/C20H17FN.C17H12N.Ir/c1-14-13-22-20(17-8-10-18(21)11-9-17)12-19(14)15(2)16-6-4-3-5-7-16;1-3-7-14(8-4-1)16-11-12-18-17(13-16)15-9-5-2-6-10-15;/h3-8,10-13,15H,1-2H3;1-9,11-13H;/q2*-1;. The Morgan fingerprint density at radius 3 is 2.05 bits per heavy atom. The van der Waals surface area contributed by atoms with E-state index in [1.54, 1.807) is 6.07 Å². The number of benzene rings is 4. The van der Waals surface area contributed by atoms with E-state index >= 15 is 0 Å². The van der Waals surface area contributed by atoms with Crippen LogP contribution >= 0.6 is 0 Å². The number of pyridine rings is 2. The summed E-state index contributed by atoms with van der Waals surface area (Å²) >= 11 is 0. The van der Waals surface area contributed by atoms with Gasteiger partial charge in [0.1, 0.15) is 0 Å². The van der Waals surface area contributed by atoms with Crippen molar-refractivity contribution in [2.45, 2.75) is 19.8 Å². The Morgan fingerprint density at radius 2 is 1.37 bits per heavy atom. The van der Waals surface area contributed by atoms with Crippen LogP contribution in [0.25, 0.3) is 33.6 Å². The van der Waals surface area contributed by atoms with Crippen LogP contribution in [0.5, 0.6) is 0 Å². The Labute approximate surface area is 255 Å². The number of rotatable bonds is 5. The van der Waals surface area contributed by atoms with Crippen molar-refractivity contribution in [3.63, 3.8) is 0 Å². The molecule has 0 saturated carbocycles. The molecular weight excluding hydrogens is 684 g/mol. The summed E-state index contributed by atoms with van der Waals surface area (Å²) < 4.78 is 13.0. The molecule has 41 heavy (non-hydrogen) atoms. The van der Waals surface area contributed by atoms with Gasteiger partial charge in [-0.05, 0) is 52.2 Å². The summed E-state index contributed by atoms with van der Waals surface area (Å²) in [5.74, 6) is -0.00265. The van der Waals surface area contributed by atoms with Crippen LogP contribution in [-0.2, 0) is 20.1 Å². The smallest absolute Gasteiger partial charge is 0.0379 e. The topological polar surface area (TPSA) is 25.8 Å². The van der Waals surface area contributed by atoms with Gasteiger partial charge in [0, 0.05) is 44.2 Å². The van der Waals surface area contributed by atoms with E-state index in [9.17, 15) is 4.39 Å². The molecule has 205 valence electrons. The second-order valence-electron chi connectivity index (χ2n) is 9.55. The molecule has 0 fully saturated rings. The number of aromatic nitrogens is 2. The fourth-order valence-electron chi connectivity index (χ4n) is 4.58. The van der Waals surface area contributed by atoms with Crippen molar-refractivity contribution in [2.24, 2.45) is 0 Å². The Hall–Kier alpha value is -4.24. The number of hydrogen-bond acceptors (Lipinski definition) is 2. The SMILES string of the molecule is Cc1cnc(-c2[c-]cc(F)cc2)cc1C(C)c1ccccc1.[Ir].[c-]1ccccc1-c1cc(-c2ccccc2)ccn1. The molecule has 2 heterocycles. The van der Waals surface area contributed by atoms with E-state index in [1.807, 2.05) is 67.0 Å². The molecular formula is C37H29FIrN2-2. The molecule has 1 unspecified atom stereocenters. The predicted octanol–water partition coefficient (Wildman–Crippen LogP) is 9.36. The first-order chi connectivity index (χ1) is 19.6. The Kier molecular flexibility index (Phi) is 10.4. The third-order valence-corrected chi connectivity index (χ3v) is 6.81. The summed E-state index contributed by atoms with van der Waals surface area (Å²) in [6, 6.07) is 45.5. The molecule has 1 atom stereocenters. The minimum atomic E-state index is -0.284. The van der Waals surface area contributed by atoms with Gasteiger partial charge < -0.3 is 9.97 Å². The Morgan fingerprint density at radius 1 is 0.683 bits per heavy atom. The van der Waals surface area contributed by atoms with E-state index in [-0.39, 0.29) is 31.8 Å². The van der Waals surface area contributed by atoms with Crippen LogP contribution in [0.4, 0.5) is 4.39 Å². The zero-order valence-electron chi connectivity index (χ0n) is 22.9. The molecule has 2 aromatic heterocycles. The van der Waals surface area contributed by atoms with Gasteiger partial charge in [0.15, 0.2) is 0 Å². The fourth-order valence-corrected chi connectivity index (χ4v) is 4.58. The summed E-state index contributed by atoms with van der Waals surface area (Å²) in [7, 11) is 0. The summed E-state index contributed by atoms with van der Waals surface area (Å²) in [5.41, 5.74) is 9.65. The molecule has 1 radical (unpaired) electrons. The first kappa shape index (κ1) is 29.7. The quantitative estimate of drug-likeness (QED) is 0.167. The van der Waals surface area contributed by atoms with Crippen LogP contribution in [0.2, 0.25) is 0 Å². The molecule has 0 N–H and O–H groups in total. The molecule has 0 aliphatic heterocycles. The van der Waals surface area contributed by atoms with E-state index < -0.39 is 0 Å². The second-order valence-corrected chi connectivity index (χ2v) is 9.55. The normalized spacial score (nSPS) is 11.0. The molecule has 6 aromatic rings. The van der Waals surface area contributed by atoms with Crippen LogP contribution in [0.3, 0.4) is 0 Å². The van der Waals surface area contributed by atoms with Crippen molar-refractivity contribution in [2.75, 3.05) is 0 Å². The molecule has 0 saturated heterocycles. The van der Waals surface area contributed by atoms with Crippen molar-refractivity contribution in [3.8, 4) is 33.6 Å². The van der Waals surface area contributed by atoms with Gasteiger partial charge in [-0.1, -0.05) is 79.7 Å². The number of hydrogen-bond donors (Lipinski definition) is 0. The maximum absolute atomic E-state index is 13.0. The van der Waals surface area contributed by atoms with Crippen LogP contribution < -0.4 is 0 Å². The monoisotopic (exact) mass is 713 g/mol. The predicted molar refractivity (Wildman–Crippen MR) is 161 cm³/mol. The molecule has 4 heteroatoms. The van der Waals surface area contributed by atoms with Crippen molar-refractivity contribution in [1.29, 1.82) is 0 Å². The van der Waals surface area contributed by atoms with Crippen LogP contribution in [0.1, 0.15) is 29.5 Å². The average molecular weight is 713 g/mol. The van der Waals surface area contributed by atoms with Crippen LogP contribution in [0.15, 0.2) is 134 Å². The van der Waals surface area contributed by atoms with Gasteiger partial charge in [0.05, 0.1) is 0 Å². The maximum atomic E-state index is 13.0. The van der Waals surface area contributed by atoms with Gasteiger partial charge in [0.25, 0.3) is 0 Å². The Balaban J connectivity index is 0.000000188. The van der Waals surface area contributed by atoms with Crippen molar-refractivity contribution >= 4 is 0 Å². The molecule has 0 amide bonds.